The summed E-state index contributed by atoms with van der Waals surface area (Å²) < 4.78 is 0. The standard InChI is InChI=1S/C13H21ClN2/c1-10(2)6-7-16(3)12-5-4-11(9-15)13(14)8-12/h4-5,8,10H,6-7,9,15H2,1-3H3. The van der Waals surface area contributed by atoms with E-state index in [4.69, 9.17) is 17.3 Å². The van der Waals surface area contributed by atoms with Crippen LogP contribution in [-0.2, 0) is 6.54 Å². The van der Waals surface area contributed by atoms with Crippen LogP contribution in [0.2, 0.25) is 5.02 Å². The largest absolute Gasteiger partial charge is 0.375 e. The molecule has 1 rings (SSSR count). The predicted molar refractivity (Wildman–Crippen MR) is 72.1 cm³/mol. The third-order valence-corrected chi connectivity index (χ3v) is 3.09. The smallest absolute Gasteiger partial charge is 0.0471 e. The van der Waals surface area contributed by atoms with E-state index < -0.39 is 0 Å². The zero-order valence-electron chi connectivity index (χ0n) is 10.3. The summed E-state index contributed by atoms with van der Waals surface area (Å²) in [6.45, 7) is 6.02. The Morgan fingerprint density at radius 2 is 2.06 bits per heavy atom. The first-order valence-corrected chi connectivity index (χ1v) is 6.12. The van der Waals surface area contributed by atoms with Gasteiger partial charge in [0, 0.05) is 30.8 Å². The van der Waals surface area contributed by atoms with Crippen LogP contribution in [0.4, 0.5) is 5.69 Å². The van der Waals surface area contributed by atoms with Crippen molar-refractivity contribution in [1.82, 2.24) is 0 Å². The van der Waals surface area contributed by atoms with Gasteiger partial charge in [0.05, 0.1) is 0 Å². The maximum atomic E-state index is 6.13. The Hall–Kier alpha value is -0.730. The van der Waals surface area contributed by atoms with E-state index in [-0.39, 0.29) is 0 Å². The van der Waals surface area contributed by atoms with E-state index in [9.17, 15) is 0 Å². The lowest BCUT2D eigenvalue weighted by Gasteiger charge is -2.21. The van der Waals surface area contributed by atoms with Gasteiger partial charge >= 0.3 is 0 Å². The molecule has 0 aliphatic heterocycles. The van der Waals surface area contributed by atoms with Crippen LogP contribution in [-0.4, -0.2) is 13.6 Å². The zero-order valence-corrected chi connectivity index (χ0v) is 11.1. The molecule has 0 aliphatic rings. The highest BCUT2D eigenvalue weighted by Crippen LogP contribution is 2.23. The number of rotatable bonds is 5. The molecule has 0 amide bonds. The summed E-state index contributed by atoms with van der Waals surface area (Å²) in [6, 6.07) is 6.07. The summed E-state index contributed by atoms with van der Waals surface area (Å²) in [5, 5.41) is 0.761. The molecule has 90 valence electrons. The summed E-state index contributed by atoms with van der Waals surface area (Å²) in [5.74, 6) is 0.723. The normalized spacial score (nSPS) is 10.9. The molecular weight excluding hydrogens is 220 g/mol. The lowest BCUT2D eigenvalue weighted by Crippen LogP contribution is -2.19. The van der Waals surface area contributed by atoms with Crippen molar-refractivity contribution in [2.24, 2.45) is 11.7 Å². The number of hydrogen-bond donors (Lipinski definition) is 1. The van der Waals surface area contributed by atoms with Crippen LogP contribution in [0.1, 0.15) is 25.8 Å². The highest BCUT2D eigenvalue weighted by molar-refractivity contribution is 6.31. The number of nitrogens with two attached hydrogens (primary N) is 1. The zero-order chi connectivity index (χ0) is 12.1. The Morgan fingerprint density at radius 3 is 2.56 bits per heavy atom. The lowest BCUT2D eigenvalue weighted by atomic mass is 10.1. The van der Waals surface area contributed by atoms with E-state index in [1.807, 2.05) is 12.1 Å². The van der Waals surface area contributed by atoms with Crippen LogP contribution in [0.15, 0.2) is 18.2 Å². The van der Waals surface area contributed by atoms with Crippen molar-refractivity contribution in [3.05, 3.63) is 28.8 Å². The number of nitrogens with zero attached hydrogens (tertiary/aromatic N) is 1. The molecule has 0 radical (unpaired) electrons. The first kappa shape index (κ1) is 13.3. The van der Waals surface area contributed by atoms with Gasteiger partial charge in [0.1, 0.15) is 0 Å². The van der Waals surface area contributed by atoms with Crippen molar-refractivity contribution in [1.29, 1.82) is 0 Å². The van der Waals surface area contributed by atoms with Crippen LogP contribution in [0.5, 0.6) is 0 Å². The van der Waals surface area contributed by atoms with Crippen molar-refractivity contribution in [3.63, 3.8) is 0 Å². The molecule has 0 heterocycles. The summed E-state index contributed by atoms with van der Waals surface area (Å²) >= 11 is 6.13. The van der Waals surface area contributed by atoms with E-state index in [0.717, 1.165) is 28.7 Å². The second-order valence-corrected chi connectivity index (χ2v) is 4.99. The van der Waals surface area contributed by atoms with Crippen molar-refractivity contribution in [3.8, 4) is 0 Å². The highest BCUT2D eigenvalue weighted by atomic mass is 35.5. The minimum atomic E-state index is 0.495. The molecule has 0 aromatic heterocycles. The van der Waals surface area contributed by atoms with Gasteiger partial charge in [0.25, 0.3) is 0 Å². The van der Waals surface area contributed by atoms with Gasteiger partial charge in [-0.3, -0.25) is 0 Å². The number of benzene rings is 1. The Bertz CT molecular complexity index is 337. The molecule has 2 N–H and O–H groups in total. The van der Waals surface area contributed by atoms with E-state index in [0.29, 0.717) is 6.54 Å². The minimum Gasteiger partial charge on any atom is -0.375 e. The molecule has 0 saturated heterocycles. The molecule has 0 unspecified atom stereocenters. The van der Waals surface area contributed by atoms with Gasteiger partial charge in [-0.1, -0.05) is 31.5 Å². The third-order valence-electron chi connectivity index (χ3n) is 2.74. The molecule has 0 saturated carbocycles. The summed E-state index contributed by atoms with van der Waals surface area (Å²) in [4.78, 5) is 2.23. The van der Waals surface area contributed by atoms with Crippen molar-refractivity contribution < 1.29 is 0 Å². The Kier molecular flexibility index (Phi) is 5.10. The topological polar surface area (TPSA) is 29.3 Å². The van der Waals surface area contributed by atoms with Crippen LogP contribution in [0.3, 0.4) is 0 Å². The number of hydrogen-bond acceptors (Lipinski definition) is 2. The molecule has 0 atom stereocenters. The maximum absolute atomic E-state index is 6.13. The maximum Gasteiger partial charge on any atom is 0.0471 e. The lowest BCUT2D eigenvalue weighted by molar-refractivity contribution is 0.585. The number of halogens is 1. The summed E-state index contributed by atoms with van der Waals surface area (Å²) in [5.41, 5.74) is 7.74. The molecule has 0 spiro atoms. The molecule has 16 heavy (non-hydrogen) atoms. The SMILES string of the molecule is CC(C)CCN(C)c1ccc(CN)c(Cl)c1. The van der Waals surface area contributed by atoms with Gasteiger partial charge in [-0.2, -0.15) is 0 Å². The van der Waals surface area contributed by atoms with Crippen molar-refractivity contribution >= 4 is 17.3 Å². The van der Waals surface area contributed by atoms with Crippen molar-refractivity contribution in [2.75, 3.05) is 18.5 Å². The second-order valence-electron chi connectivity index (χ2n) is 4.58. The van der Waals surface area contributed by atoms with Crippen LogP contribution in [0, 0.1) is 5.92 Å². The van der Waals surface area contributed by atoms with Gasteiger partial charge in [-0.15, -0.1) is 0 Å². The fourth-order valence-electron chi connectivity index (χ4n) is 1.52. The van der Waals surface area contributed by atoms with Crippen LogP contribution in [0.25, 0.3) is 0 Å². The predicted octanol–water partition coefficient (Wildman–Crippen LogP) is 3.28. The molecule has 1 aromatic carbocycles. The summed E-state index contributed by atoms with van der Waals surface area (Å²) in [7, 11) is 2.09. The van der Waals surface area contributed by atoms with Crippen LogP contribution < -0.4 is 10.6 Å². The first-order chi connectivity index (χ1) is 7.54. The Morgan fingerprint density at radius 1 is 1.38 bits per heavy atom. The molecule has 0 fully saturated rings. The molecule has 1 aromatic rings. The van der Waals surface area contributed by atoms with E-state index >= 15 is 0 Å². The molecule has 3 heteroatoms. The third kappa shape index (κ3) is 3.69. The quantitative estimate of drug-likeness (QED) is 0.856. The van der Waals surface area contributed by atoms with Crippen LogP contribution >= 0.6 is 11.6 Å². The molecule has 0 aliphatic carbocycles. The Balaban J connectivity index is 2.69. The second kappa shape index (κ2) is 6.12. The van der Waals surface area contributed by atoms with E-state index in [1.165, 1.54) is 6.42 Å². The number of anilines is 1. The average Bonchev–Trinajstić information content (AvgIpc) is 2.25. The van der Waals surface area contributed by atoms with Gasteiger partial charge < -0.3 is 10.6 Å². The Labute approximate surface area is 103 Å². The van der Waals surface area contributed by atoms with E-state index in [2.05, 4.69) is 31.9 Å². The van der Waals surface area contributed by atoms with Gasteiger partial charge in [-0.05, 0) is 30.0 Å². The van der Waals surface area contributed by atoms with E-state index in [1.54, 1.807) is 0 Å². The molecular formula is C13H21ClN2. The average molecular weight is 241 g/mol. The molecule has 2 nitrogen and oxygen atoms in total. The fraction of sp³-hybridized carbons (Fsp3) is 0.538. The fourth-order valence-corrected chi connectivity index (χ4v) is 1.77. The van der Waals surface area contributed by atoms with Gasteiger partial charge in [-0.25, -0.2) is 0 Å². The van der Waals surface area contributed by atoms with Gasteiger partial charge in [0.2, 0.25) is 0 Å². The summed E-state index contributed by atoms with van der Waals surface area (Å²) in [6.07, 6.45) is 1.19. The first-order valence-electron chi connectivity index (χ1n) is 5.74. The van der Waals surface area contributed by atoms with Gasteiger partial charge in [0.15, 0.2) is 0 Å². The van der Waals surface area contributed by atoms with Crippen molar-refractivity contribution in [2.45, 2.75) is 26.8 Å². The minimum absolute atomic E-state index is 0.495. The highest BCUT2D eigenvalue weighted by Gasteiger charge is 2.05. The molecule has 0 bridgehead atoms. The monoisotopic (exact) mass is 240 g/mol.